The van der Waals surface area contributed by atoms with Gasteiger partial charge in [-0.1, -0.05) is 17.3 Å². The predicted molar refractivity (Wildman–Crippen MR) is 106 cm³/mol. The Bertz CT molecular complexity index is 906. The van der Waals surface area contributed by atoms with E-state index in [4.69, 9.17) is 0 Å². The first kappa shape index (κ1) is 19.3. The molecule has 0 saturated carbocycles. The number of carbonyl (C=O) groups excluding carboxylic acids is 1. The van der Waals surface area contributed by atoms with Crippen molar-refractivity contribution in [2.75, 3.05) is 19.6 Å². The molecule has 1 amide bonds. The van der Waals surface area contributed by atoms with Crippen LogP contribution >= 0.6 is 12.4 Å². The van der Waals surface area contributed by atoms with E-state index in [2.05, 4.69) is 25.9 Å². The third-order valence-corrected chi connectivity index (χ3v) is 4.77. The van der Waals surface area contributed by atoms with Crippen molar-refractivity contribution in [1.82, 2.24) is 30.6 Å². The van der Waals surface area contributed by atoms with Crippen molar-refractivity contribution >= 4 is 29.3 Å². The van der Waals surface area contributed by atoms with Gasteiger partial charge in [-0.05, 0) is 55.6 Å². The molecule has 27 heavy (non-hydrogen) atoms. The smallest absolute Gasteiger partial charge is 0.252 e. The fourth-order valence-electron chi connectivity index (χ4n) is 3.41. The molecule has 4 rings (SSSR count). The summed E-state index contributed by atoms with van der Waals surface area (Å²) in [6.45, 7) is 3.19. The van der Waals surface area contributed by atoms with Gasteiger partial charge in [-0.15, -0.1) is 17.5 Å². The predicted octanol–water partition coefficient (Wildman–Crippen LogP) is 1.83. The van der Waals surface area contributed by atoms with E-state index in [1.807, 2.05) is 36.5 Å². The van der Waals surface area contributed by atoms with Crippen LogP contribution < -0.4 is 10.6 Å². The van der Waals surface area contributed by atoms with Gasteiger partial charge in [0.25, 0.3) is 5.91 Å². The Morgan fingerprint density at radius 1 is 1.30 bits per heavy atom. The average molecular weight is 387 g/mol. The minimum absolute atomic E-state index is 0. The van der Waals surface area contributed by atoms with Crippen LogP contribution in [0.5, 0.6) is 0 Å². The lowest BCUT2D eigenvalue weighted by atomic mass is 9.99. The van der Waals surface area contributed by atoms with Crippen molar-refractivity contribution in [3.05, 3.63) is 53.9 Å². The van der Waals surface area contributed by atoms with Gasteiger partial charge < -0.3 is 10.6 Å². The van der Waals surface area contributed by atoms with Crippen LogP contribution in [0.15, 0.2) is 42.7 Å². The van der Waals surface area contributed by atoms with Gasteiger partial charge in [-0.25, -0.2) is 4.68 Å². The molecule has 0 bridgehead atoms. The highest BCUT2D eigenvalue weighted by Gasteiger charge is 2.16. The molecule has 1 unspecified atom stereocenters. The third-order valence-electron chi connectivity index (χ3n) is 4.77. The highest BCUT2D eigenvalue weighted by atomic mass is 35.5. The van der Waals surface area contributed by atoms with E-state index in [1.54, 1.807) is 10.9 Å². The number of halogens is 1. The number of aromatic nitrogens is 4. The topological polar surface area (TPSA) is 84.7 Å². The molecule has 0 radical (unpaired) electrons. The molecule has 0 spiro atoms. The van der Waals surface area contributed by atoms with Crippen molar-refractivity contribution in [2.24, 2.45) is 5.92 Å². The monoisotopic (exact) mass is 386 g/mol. The number of rotatable bonds is 6. The summed E-state index contributed by atoms with van der Waals surface area (Å²) >= 11 is 0. The maximum atomic E-state index is 12.4. The molecule has 1 aromatic carbocycles. The van der Waals surface area contributed by atoms with Crippen LogP contribution in [0.25, 0.3) is 11.0 Å². The minimum Gasteiger partial charge on any atom is -0.350 e. The summed E-state index contributed by atoms with van der Waals surface area (Å²) in [7, 11) is 0. The van der Waals surface area contributed by atoms with Gasteiger partial charge in [0.1, 0.15) is 5.52 Å². The second-order valence-corrected chi connectivity index (χ2v) is 6.70. The Hall–Kier alpha value is -2.51. The Kier molecular flexibility index (Phi) is 6.36. The molecule has 8 heteroatoms. The van der Waals surface area contributed by atoms with Crippen molar-refractivity contribution in [2.45, 2.75) is 19.4 Å². The molecule has 2 aromatic heterocycles. The van der Waals surface area contributed by atoms with Gasteiger partial charge in [-0.2, -0.15) is 0 Å². The number of nitrogens with zero attached hydrogens (tertiary/aromatic N) is 4. The van der Waals surface area contributed by atoms with Crippen LogP contribution in [0.1, 0.15) is 22.3 Å². The van der Waals surface area contributed by atoms with Crippen LogP contribution in [0.4, 0.5) is 0 Å². The van der Waals surface area contributed by atoms with Gasteiger partial charge >= 0.3 is 0 Å². The first-order valence-electron chi connectivity index (χ1n) is 9.00. The summed E-state index contributed by atoms with van der Waals surface area (Å²) in [5.41, 5.74) is 3.55. The molecule has 1 aliphatic heterocycles. The largest absolute Gasteiger partial charge is 0.350 e. The highest BCUT2D eigenvalue weighted by molar-refractivity contribution is 5.94. The van der Waals surface area contributed by atoms with E-state index in [-0.39, 0.29) is 18.3 Å². The van der Waals surface area contributed by atoms with Crippen molar-refractivity contribution < 1.29 is 4.79 Å². The van der Waals surface area contributed by atoms with Gasteiger partial charge in [0, 0.05) is 18.9 Å². The summed E-state index contributed by atoms with van der Waals surface area (Å²) < 4.78 is 1.80. The minimum atomic E-state index is -0.103. The number of nitrogens with one attached hydrogen (secondary N) is 2. The van der Waals surface area contributed by atoms with E-state index in [9.17, 15) is 4.79 Å². The second-order valence-electron chi connectivity index (χ2n) is 6.70. The molecular formula is C19H23ClN6O. The van der Waals surface area contributed by atoms with E-state index in [1.165, 1.54) is 6.42 Å². The van der Waals surface area contributed by atoms with E-state index >= 15 is 0 Å². The second kappa shape index (κ2) is 8.92. The van der Waals surface area contributed by atoms with Crippen LogP contribution in [0, 0.1) is 5.92 Å². The maximum Gasteiger partial charge on any atom is 0.252 e. The van der Waals surface area contributed by atoms with Gasteiger partial charge in [0.15, 0.2) is 0 Å². The lowest BCUT2D eigenvalue weighted by Gasteiger charge is -2.10. The lowest BCUT2D eigenvalue weighted by Crippen LogP contribution is -2.27. The number of benzene rings is 1. The molecule has 3 heterocycles. The quantitative estimate of drug-likeness (QED) is 0.675. The fraction of sp³-hybridized carbons (Fsp3) is 0.368. The van der Waals surface area contributed by atoms with E-state index < -0.39 is 0 Å². The molecule has 1 fully saturated rings. The summed E-state index contributed by atoms with van der Waals surface area (Å²) in [5.74, 6) is 0.532. The number of para-hydroxylation sites is 1. The summed E-state index contributed by atoms with van der Waals surface area (Å²) in [6, 6.07) is 9.74. The molecule has 2 N–H and O–H groups in total. The maximum absolute atomic E-state index is 12.4. The zero-order valence-electron chi connectivity index (χ0n) is 15.0. The molecule has 142 valence electrons. The van der Waals surface area contributed by atoms with Gasteiger partial charge in [0.2, 0.25) is 0 Å². The summed E-state index contributed by atoms with van der Waals surface area (Å²) in [4.78, 5) is 16.7. The zero-order valence-corrected chi connectivity index (χ0v) is 15.8. The van der Waals surface area contributed by atoms with Gasteiger partial charge in [0.05, 0.1) is 17.6 Å². The summed E-state index contributed by atoms with van der Waals surface area (Å²) in [5, 5.41) is 14.6. The SMILES string of the molecule is Cl.O=C(NCCn1nnc2ccccc21)c1cncc(CC2CCNC2)c1. The normalized spacial score (nSPS) is 16.2. The van der Waals surface area contributed by atoms with Crippen LogP contribution in [0.3, 0.4) is 0 Å². The molecule has 0 aliphatic carbocycles. The van der Waals surface area contributed by atoms with Crippen LogP contribution in [-0.2, 0) is 13.0 Å². The molecule has 3 aromatic rings. The summed E-state index contributed by atoms with van der Waals surface area (Å²) in [6.07, 6.45) is 5.63. The number of pyridine rings is 1. The van der Waals surface area contributed by atoms with Gasteiger partial charge in [-0.3, -0.25) is 9.78 Å². The van der Waals surface area contributed by atoms with Crippen molar-refractivity contribution in [3.63, 3.8) is 0 Å². The Morgan fingerprint density at radius 2 is 2.19 bits per heavy atom. The molecule has 1 saturated heterocycles. The third kappa shape index (κ3) is 4.61. The molecule has 1 aliphatic rings. The average Bonchev–Trinajstić information content (AvgIpc) is 3.32. The zero-order chi connectivity index (χ0) is 17.8. The van der Waals surface area contributed by atoms with E-state index in [0.29, 0.717) is 24.6 Å². The lowest BCUT2D eigenvalue weighted by molar-refractivity contribution is 0.0951. The first-order chi connectivity index (χ1) is 12.8. The van der Waals surface area contributed by atoms with Crippen molar-refractivity contribution in [3.8, 4) is 0 Å². The number of hydrogen-bond acceptors (Lipinski definition) is 5. The van der Waals surface area contributed by atoms with E-state index in [0.717, 1.165) is 36.1 Å². The number of fused-ring (bicyclic) bond motifs is 1. The molecular weight excluding hydrogens is 364 g/mol. The number of hydrogen-bond donors (Lipinski definition) is 2. The fourth-order valence-corrected chi connectivity index (χ4v) is 3.41. The van der Waals surface area contributed by atoms with Crippen LogP contribution in [0.2, 0.25) is 0 Å². The Balaban J connectivity index is 0.00000210. The molecule has 1 atom stereocenters. The first-order valence-corrected chi connectivity index (χ1v) is 9.00. The molecule has 7 nitrogen and oxygen atoms in total. The number of carbonyl (C=O) groups is 1. The number of amides is 1. The Morgan fingerprint density at radius 3 is 3.04 bits per heavy atom. The van der Waals surface area contributed by atoms with Crippen molar-refractivity contribution in [1.29, 1.82) is 0 Å². The Labute approximate surface area is 164 Å². The van der Waals surface area contributed by atoms with Crippen LogP contribution in [-0.4, -0.2) is 45.5 Å². The standard InChI is InChI=1S/C19H22N6O.ClH/c26-19(16-10-15(12-21-13-16)9-14-5-6-20-11-14)22-7-8-25-18-4-2-1-3-17(18)23-24-25;/h1-4,10,12-14,20H,5-9,11H2,(H,22,26);1H. The highest BCUT2D eigenvalue weighted by Crippen LogP contribution is 2.15.